The van der Waals surface area contributed by atoms with E-state index in [4.69, 9.17) is 5.73 Å². The van der Waals surface area contributed by atoms with Crippen LogP contribution >= 0.6 is 0 Å². The number of nitrogens with two attached hydrogens (primary N) is 1. The smallest absolute Gasteiger partial charge is 0.250 e. The number of fused-ring (bicyclic) bond motifs is 1. The van der Waals surface area contributed by atoms with Gasteiger partial charge < -0.3 is 20.9 Å². The molecule has 0 aromatic heterocycles. The second-order valence-electron chi connectivity index (χ2n) is 10.0. The molecule has 5 rings (SSSR count). The van der Waals surface area contributed by atoms with Crippen molar-refractivity contribution in [2.75, 3.05) is 41.3 Å². The van der Waals surface area contributed by atoms with E-state index in [1.807, 2.05) is 18.2 Å². The van der Waals surface area contributed by atoms with Gasteiger partial charge in [0, 0.05) is 31.9 Å². The van der Waals surface area contributed by atoms with Crippen LogP contribution in [0.3, 0.4) is 0 Å². The van der Waals surface area contributed by atoms with Gasteiger partial charge in [-0.1, -0.05) is 38.1 Å². The first-order valence-corrected chi connectivity index (χ1v) is 12.0. The number of nitrogens with one attached hydrogen (secondary N) is 1. The average molecular weight is 477 g/mol. The zero-order valence-electron chi connectivity index (χ0n) is 20.0. The molecule has 35 heavy (non-hydrogen) atoms. The van der Waals surface area contributed by atoms with Crippen LogP contribution in [0.5, 0.6) is 0 Å². The molecular weight excluding hydrogens is 446 g/mol. The van der Waals surface area contributed by atoms with Gasteiger partial charge in [-0.3, -0.25) is 4.79 Å². The molecule has 1 saturated heterocycles. The summed E-state index contributed by atoms with van der Waals surface area (Å²) in [4.78, 5) is 16.5. The largest absolute Gasteiger partial charge is 0.377 e. The molecule has 3 aromatic rings. The number of primary amides is 1. The maximum absolute atomic E-state index is 14.2. The number of amides is 1. The summed E-state index contributed by atoms with van der Waals surface area (Å²) in [5.74, 6) is -1.29. The summed E-state index contributed by atoms with van der Waals surface area (Å²) in [5.41, 5.74) is 9.65. The van der Waals surface area contributed by atoms with Crippen molar-refractivity contribution in [2.45, 2.75) is 31.7 Å². The van der Waals surface area contributed by atoms with Crippen molar-refractivity contribution in [1.29, 1.82) is 0 Å². The van der Waals surface area contributed by atoms with E-state index in [1.54, 1.807) is 6.07 Å². The number of hydrogen-bond donors (Lipinski definition) is 2. The van der Waals surface area contributed by atoms with E-state index >= 15 is 0 Å². The molecule has 5 nitrogen and oxygen atoms in total. The highest BCUT2D eigenvalue weighted by Gasteiger charge is 2.36. The number of anilines is 3. The van der Waals surface area contributed by atoms with Gasteiger partial charge in [-0.15, -0.1) is 0 Å². The molecule has 182 valence electrons. The topological polar surface area (TPSA) is 61.6 Å². The summed E-state index contributed by atoms with van der Waals surface area (Å²) in [6.07, 6.45) is 0.742. The number of halogens is 2. The van der Waals surface area contributed by atoms with Gasteiger partial charge in [0.2, 0.25) is 0 Å². The zero-order valence-corrected chi connectivity index (χ0v) is 20.0. The Morgan fingerprint density at radius 2 is 1.69 bits per heavy atom. The van der Waals surface area contributed by atoms with E-state index in [0.717, 1.165) is 49.4 Å². The average Bonchev–Trinajstić information content (AvgIpc) is 2.84. The van der Waals surface area contributed by atoms with E-state index in [9.17, 15) is 13.6 Å². The Bertz CT molecular complexity index is 1270. The fraction of sp³-hybridized carbons (Fsp3) is 0.321. The first kappa shape index (κ1) is 23.1. The van der Waals surface area contributed by atoms with Gasteiger partial charge in [0.15, 0.2) is 0 Å². The van der Waals surface area contributed by atoms with E-state index in [1.165, 1.54) is 18.2 Å². The Hall–Kier alpha value is -3.61. The van der Waals surface area contributed by atoms with Gasteiger partial charge in [0.05, 0.1) is 23.0 Å². The lowest BCUT2D eigenvalue weighted by Gasteiger charge is -2.40. The molecule has 0 bridgehead atoms. The lowest BCUT2D eigenvalue weighted by atomic mass is 9.73. The van der Waals surface area contributed by atoms with Gasteiger partial charge in [0.25, 0.3) is 5.91 Å². The third-order valence-electron chi connectivity index (χ3n) is 7.24. The van der Waals surface area contributed by atoms with Crippen LogP contribution in [-0.4, -0.2) is 32.1 Å². The van der Waals surface area contributed by atoms with Crippen molar-refractivity contribution < 1.29 is 13.6 Å². The molecule has 0 aliphatic carbocycles. The third kappa shape index (κ3) is 4.43. The van der Waals surface area contributed by atoms with Crippen molar-refractivity contribution in [2.24, 2.45) is 5.73 Å². The normalized spacial score (nSPS) is 19.1. The Balaban J connectivity index is 1.37. The maximum Gasteiger partial charge on any atom is 0.250 e. The standard InChI is InChI=1S/C28H30F2N4O/c1-28(2)17-24(32-26-21(27(31)35)15-19(29)16-22(26)28)18-6-5-7-20(14-18)33-10-12-34(13-11-33)25-9-4-3-8-23(25)30/h3-9,14-16,24,32H,10-13,17H2,1-2H3,(H2,31,35). The molecule has 0 saturated carbocycles. The van der Waals surface area contributed by atoms with E-state index < -0.39 is 11.7 Å². The summed E-state index contributed by atoms with van der Waals surface area (Å²) in [7, 11) is 0. The van der Waals surface area contributed by atoms with Gasteiger partial charge in [-0.05, 0) is 59.4 Å². The zero-order chi connectivity index (χ0) is 24.7. The number of carbonyl (C=O) groups is 1. The van der Waals surface area contributed by atoms with Crippen LogP contribution in [0.2, 0.25) is 0 Å². The Morgan fingerprint density at radius 3 is 2.40 bits per heavy atom. The predicted octanol–water partition coefficient (Wildman–Crippen LogP) is 5.22. The fourth-order valence-electron chi connectivity index (χ4n) is 5.39. The first-order valence-electron chi connectivity index (χ1n) is 12.0. The lowest BCUT2D eigenvalue weighted by Crippen LogP contribution is -2.46. The van der Waals surface area contributed by atoms with Crippen LogP contribution in [0.4, 0.5) is 25.8 Å². The molecule has 0 spiro atoms. The van der Waals surface area contributed by atoms with Gasteiger partial charge >= 0.3 is 0 Å². The fourth-order valence-corrected chi connectivity index (χ4v) is 5.39. The molecular formula is C28H30F2N4O. The monoisotopic (exact) mass is 476 g/mol. The second-order valence-corrected chi connectivity index (χ2v) is 10.0. The highest BCUT2D eigenvalue weighted by Crippen LogP contribution is 2.46. The van der Waals surface area contributed by atoms with Crippen molar-refractivity contribution in [3.63, 3.8) is 0 Å². The maximum atomic E-state index is 14.2. The summed E-state index contributed by atoms with van der Waals surface area (Å²) in [6, 6.07) is 17.9. The lowest BCUT2D eigenvalue weighted by molar-refractivity contribution is 0.1000. The van der Waals surface area contributed by atoms with Crippen LogP contribution in [0.15, 0.2) is 60.7 Å². The van der Waals surface area contributed by atoms with Crippen LogP contribution in [-0.2, 0) is 5.41 Å². The van der Waals surface area contributed by atoms with Gasteiger partial charge in [-0.25, -0.2) is 8.78 Å². The molecule has 3 N–H and O–H groups in total. The SMILES string of the molecule is CC1(C)CC(c2cccc(N3CCN(c4ccccc4F)CC3)c2)Nc2c(C(N)=O)cc(F)cc21. The number of rotatable bonds is 4. The number of piperazine rings is 1. The Kier molecular flexibility index (Phi) is 5.87. The summed E-state index contributed by atoms with van der Waals surface area (Å²) in [5, 5.41) is 3.48. The van der Waals surface area contributed by atoms with Crippen molar-refractivity contribution >= 4 is 23.0 Å². The van der Waals surface area contributed by atoms with Crippen molar-refractivity contribution in [1.82, 2.24) is 0 Å². The highest BCUT2D eigenvalue weighted by atomic mass is 19.1. The summed E-state index contributed by atoms with van der Waals surface area (Å²) >= 11 is 0. The van der Waals surface area contributed by atoms with E-state index in [-0.39, 0.29) is 22.8 Å². The minimum atomic E-state index is -0.647. The molecule has 1 atom stereocenters. The molecule has 1 fully saturated rings. The molecule has 2 aliphatic rings. The van der Waals surface area contributed by atoms with Crippen LogP contribution in [0, 0.1) is 11.6 Å². The molecule has 1 unspecified atom stereocenters. The van der Waals surface area contributed by atoms with Gasteiger partial charge in [-0.2, -0.15) is 0 Å². The molecule has 1 amide bonds. The van der Waals surface area contributed by atoms with Crippen LogP contribution in [0.25, 0.3) is 0 Å². The first-order chi connectivity index (χ1) is 16.7. The molecule has 7 heteroatoms. The minimum absolute atomic E-state index is 0.0549. The predicted molar refractivity (Wildman–Crippen MR) is 136 cm³/mol. The molecule has 2 heterocycles. The third-order valence-corrected chi connectivity index (χ3v) is 7.24. The number of hydrogen-bond acceptors (Lipinski definition) is 4. The molecule has 2 aliphatic heterocycles. The molecule has 3 aromatic carbocycles. The van der Waals surface area contributed by atoms with Crippen LogP contribution in [0.1, 0.15) is 47.8 Å². The number of para-hydroxylation sites is 1. The quantitative estimate of drug-likeness (QED) is 0.542. The van der Waals surface area contributed by atoms with Crippen molar-refractivity contribution in [3.05, 3.63) is 89.0 Å². The second kappa shape index (κ2) is 8.87. The highest BCUT2D eigenvalue weighted by molar-refractivity contribution is 5.99. The number of benzene rings is 3. The van der Waals surface area contributed by atoms with Crippen molar-refractivity contribution in [3.8, 4) is 0 Å². The Morgan fingerprint density at radius 1 is 0.971 bits per heavy atom. The van der Waals surface area contributed by atoms with E-state index in [0.29, 0.717) is 11.4 Å². The molecule has 0 radical (unpaired) electrons. The summed E-state index contributed by atoms with van der Waals surface area (Å²) < 4.78 is 28.4. The number of carbonyl (C=O) groups excluding carboxylic acids is 1. The Labute approximate surface area is 204 Å². The van der Waals surface area contributed by atoms with Gasteiger partial charge in [0.1, 0.15) is 11.6 Å². The minimum Gasteiger partial charge on any atom is -0.377 e. The van der Waals surface area contributed by atoms with E-state index in [2.05, 4.69) is 47.2 Å². The van der Waals surface area contributed by atoms with Crippen LogP contribution < -0.4 is 20.9 Å². The summed E-state index contributed by atoms with van der Waals surface area (Å²) in [6.45, 7) is 7.18. The number of nitrogens with zero attached hydrogens (tertiary/aromatic N) is 2.